The topological polar surface area (TPSA) is 90.4 Å². The van der Waals surface area contributed by atoms with Crippen molar-refractivity contribution in [3.05, 3.63) is 68.5 Å². The third-order valence-corrected chi connectivity index (χ3v) is 4.61. The number of carbonyl (C=O) groups is 1. The Labute approximate surface area is 155 Å². The fourth-order valence-corrected chi connectivity index (χ4v) is 3.19. The summed E-state index contributed by atoms with van der Waals surface area (Å²) in [7, 11) is 0. The summed E-state index contributed by atoms with van der Waals surface area (Å²) >= 11 is 0. The van der Waals surface area contributed by atoms with Gasteiger partial charge in [0.15, 0.2) is 5.60 Å². The van der Waals surface area contributed by atoms with Crippen LogP contribution in [0.25, 0.3) is 0 Å². The lowest BCUT2D eigenvalue weighted by molar-refractivity contribution is -0.0758. The number of aromatic nitrogens is 2. The van der Waals surface area contributed by atoms with E-state index in [1.54, 1.807) is 37.3 Å². The molecule has 1 aromatic carbocycles. The number of aromatic amines is 1. The molecule has 0 spiro atoms. The Hall–Kier alpha value is -3.11. The van der Waals surface area contributed by atoms with E-state index < -0.39 is 29.0 Å². The lowest BCUT2D eigenvalue weighted by atomic mass is 9.96. The highest BCUT2D eigenvalue weighted by atomic mass is 16.6. The molecule has 140 valence electrons. The number of benzene rings is 1. The fraction of sp³-hybridized carbons (Fsp3) is 0.350. The quantitative estimate of drug-likeness (QED) is 0.654. The van der Waals surface area contributed by atoms with E-state index in [0.717, 1.165) is 0 Å². The van der Waals surface area contributed by atoms with Gasteiger partial charge in [-0.2, -0.15) is 0 Å². The molecule has 2 heterocycles. The van der Waals surface area contributed by atoms with Crippen molar-refractivity contribution in [2.24, 2.45) is 5.92 Å². The Bertz CT molecular complexity index is 1000. The van der Waals surface area contributed by atoms with Crippen LogP contribution in [0.15, 0.2) is 46.1 Å². The maximum atomic E-state index is 12.2. The summed E-state index contributed by atoms with van der Waals surface area (Å²) < 4.78 is 12.7. The molecule has 3 rings (SSSR count). The van der Waals surface area contributed by atoms with Crippen molar-refractivity contribution >= 4 is 5.97 Å². The van der Waals surface area contributed by atoms with Gasteiger partial charge in [-0.1, -0.05) is 31.0 Å². The van der Waals surface area contributed by atoms with Crippen LogP contribution in [0.1, 0.15) is 35.5 Å². The summed E-state index contributed by atoms with van der Waals surface area (Å²) in [5.41, 5.74) is -1.35. The predicted octanol–water partition coefficient (Wildman–Crippen LogP) is 1.63. The second-order valence-corrected chi connectivity index (χ2v) is 6.75. The van der Waals surface area contributed by atoms with Crippen molar-refractivity contribution in [2.45, 2.75) is 32.1 Å². The van der Waals surface area contributed by atoms with Crippen LogP contribution in [0.4, 0.5) is 0 Å². The molecule has 0 radical (unpaired) electrons. The summed E-state index contributed by atoms with van der Waals surface area (Å²) in [4.78, 5) is 38.2. The zero-order valence-corrected chi connectivity index (χ0v) is 15.1. The number of nitrogens with one attached hydrogen (secondary N) is 1. The maximum Gasteiger partial charge on any atom is 0.338 e. The Balaban J connectivity index is 1.79. The summed E-state index contributed by atoms with van der Waals surface area (Å²) in [5.74, 6) is 1.95. The Morgan fingerprint density at radius 2 is 2.11 bits per heavy atom. The molecule has 0 aliphatic carbocycles. The summed E-state index contributed by atoms with van der Waals surface area (Å²) in [6, 6.07) is 8.57. The molecule has 3 atom stereocenters. The van der Waals surface area contributed by atoms with Gasteiger partial charge in [-0.3, -0.25) is 14.3 Å². The number of ether oxygens (including phenoxy) is 2. The lowest BCUT2D eigenvalue weighted by Crippen LogP contribution is -2.37. The van der Waals surface area contributed by atoms with Gasteiger partial charge in [0.05, 0.1) is 5.56 Å². The standard InChI is InChI=1S/C20H20N2O5/c1-4-20(12-26-18(24)15-8-6-5-7-9-15)10-13(2)17(27-20)22-11-14(3)16(23)21-19(22)25/h1,5-9,11,13,17H,10,12H2,2-3H3,(H,21,23,25). The third-order valence-electron chi connectivity index (χ3n) is 4.61. The molecule has 1 aliphatic heterocycles. The van der Waals surface area contributed by atoms with Gasteiger partial charge in [0, 0.05) is 17.7 Å². The third kappa shape index (κ3) is 3.71. The van der Waals surface area contributed by atoms with Crippen molar-refractivity contribution in [3.63, 3.8) is 0 Å². The monoisotopic (exact) mass is 368 g/mol. The van der Waals surface area contributed by atoms with E-state index in [2.05, 4.69) is 10.9 Å². The number of rotatable bonds is 4. The molecule has 1 aromatic heterocycles. The number of esters is 1. The van der Waals surface area contributed by atoms with Gasteiger partial charge in [-0.05, 0) is 25.5 Å². The molecule has 3 unspecified atom stereocenters. The molecule has 0 bridgehead atoms. The molecule has 1 fully saturated rings. The zero-order valence-electron chi connectivity index (χ0n) is 15.1. The Morgan fingerprint density at radius 3 is 2.78 bits per heavy atom. The minimum absolute atomic E-state index is 0.125. The van der Waals surface area contributed by atoms with Crippen molar-refractivity contribution in [1.82, 2.24) is 9.55 Å². The minimum Gasteiger partial charge on any atom is -0.458 e. The average Bonchev–Trinajstić information content (AvgIpc) is 3.00. The number of carbonyl (C=O) groups excluding carboxylic acids is 1. The smallest absolute Gasteiger partial charge is 0.338 e. The van der Waals surface area contributed by atoms with Gasteiger partial charge in [-0.15, -0.1) is 6.42 Å². The zero-order chi connectivity index (χ0) is 19.6. The second kappa shape index (κ2) is 7.25. The molecule has 1 saturated heterocycles. The van der Waals surface area contributed by atoms with Crippen LogP contribution in [0, 0.1) is 25.2 Å². The van der Waals surface area contributed by atoms with Gasteiger partial charge >= 0.3 is 11.7 Å². The predicted molar refractivity (Wildman–Crippen MR) is 98.3 cm³/mol. The first-order chi connectivity index (χ1) is 12.8. The molecule has 1 aliphatic rings. The minimum atomic E-state index is -1.14. The fourth-order valence-electron chi connectivity index (χ4n) is 3.19. The molecule has 7 heteroatoms. The second-order valence-electron chi connectivity index (χ2n) is 6.75. The summed E-state index contributed by atoms with van der Waals surface area (Å²) in [6.45, 7) is 3.36. The van der Waals surface area contributed by atoms with Crippen LogP contribution in [0.5, 0.6) is 0 Å². The number of nitrogens with zero attached hydrogens (tertiary/aromatic N) is 1. The molecule has 0 saturated carbocycles. The van der Waals surface area contributed by atoms with Gasteiger partial charge in [0.2, 0.25) is 0 Å². The van der Waals surface area contributed by atoms with E-state index in [1.807, 2.05) is 6.92 Å². The molecule has 7 nitrogen and oxygen atoms in total. The van der Waals surface area contributed by atoms with Gasteiger partial charge in [-0.25, -0.2) is 9.59 Å². The first-order valence-corrected chi connectivity index (χ1v) is 8.55. The van der Waals surface area contributed by atoms with Gasteiger partial charge < -0.3 is 9.47 Å². The van der Waals surface area contributed by atoms with Crippen LogP contribution < -0.4 is 11.2 Å². The summed E-state index contributed by atoms with van der Waals surface area (Å²) in [5, 5.41) is 0. The highest BCUT2D eigenvalue weighted by molar-refractivity contribution is 5.89. The molecule has 27 heavy (non-hydrogen) atoms. The Kier molecular flexibility index (Phi) is 5.02. The van der Waals surface area contributed by atoms with E-state index in [-0.39, 0.29) is 12.5 Å². The first-order valence-electron chi connectivity index (χ1n) is 8.55. The largest absolute Gasteiger partial charge is 0.458 e. The van der Waals surface area contributed by atoms with E-state index in [1.165, 1.54) is 10.8 Å². The van der Waals surface area contributed by atoms with E-state index in [9.17, 15) is 14.4 Å². The number of aryl methyl sites for hydroxylation is 1. The number of terminal acetylenes is 1. The molecular formula is C20H20N2O5. The van der Waals surface area contributed by atoms with Crippen LogP contribution in [0.2, 0.25) is 0 Å². The highest BCUT2D eigenvalue weighted by Crippen LogP contribution is 2.40. The van der Waals surface area contributed by atoms with Gasteiger partial charge in [0.1, 0.15) is 12.8 Å². The van der Waals surface area contributed by atoms with E-state index in [0.29, 0.717) is 17.5 Å². The average molecular weight is 368 g/mol. The van der Waals surface area contributed by atoms with Crippen molar-refractivity contribution < 1.29 is 14.3 Å². The van der Waals surface area contributed by atoms with Crippen LogP contribution >= 0.6 is 0 Å². The summed E-state index contributed by atoms with van der Waals surface area (Å²) in [6.07, 6.45) is 6.86. The van der Waals surface area contributed by atoms with E-state index >= 15 is 0 Å². The molecule has 0 amide bonds. The van der Waals surface area contributed by atoms with E-state index in [4.69, 9.17) is 15.9 Å². The van der Waals surface area contributed by atoms with Gasteiger partial charge in [0.25, 0.3) is 5.56 Å². The van der Waals surface area contributed by atoms with Crippen LogP contribution in [-0.4, -0.2) is 27.7 Å². The number of hydrogen-bond acceptors (Lipinski definition) is 5. The molecule has 1 N–H and O–H groups in total. The normalized spacial score (nSPS) is 24.3. The van der Waals surface area contributed by atoms with Crippen molar-refractivity contribution in [1.29, 1.82) is 0 Å². The SMILES string of the molecule is C#CC1(COC(=O)c2ccccc2)CC(C)C(n2cc(C)c(=O)[nH]c2=O)O1. The Morgan fingerprint density at radius 1 is 1.41 bits per heavy atom. The van der Waals surface area contributed by atoms with Crippen molar-refractivity contribution in [2.75, 3.05) is 6.61 Å². The highest BCUT2D eigenvalue weighted by Gasteiger charge is 2.46. The first kappa shape index (κ1) is 18.7. The number of hydrogen-bond donors (Lipinski definition) is 1. The van der Waals surface area contributed by atoms with Crippen LogP contribution in [-0.2, 0) is 9.47 Å². The molecular weight excluding hydrogens is 348 g/mol. The van der Waals surface area contributed by atoms with Crippen LogP contribution in [0.3, 0.4) is 0 Å². The lowest BCUT2D eigenvalue weighted by Gasteiger charge is -2.24. The molecule has 2 aromatic rings. The van der Waals surface area contributed by atoms with Crippen molar-refractivity contribution in [3.8, 4) is 12.3 Å². The maximum absolute atomic E-state index is 12.2. The number of H-pyrrole nitrogens is 1.